The van der Waals surface area contributed by atoms with Crippen molar-refractivity contribution in [2.75, 3.05) is 26.2 Å². The van der Waals surface area contributed by atoms with Gasteiger partial charge in [0.25, 0.3) is 5.91 Å². The molecule has 13 nitrogen and oxygen atoms in total. The molecule has 5 heterocycles. The topological polar surface area (TPSA) is 159 Å². The summed E-state index contributed by atoms with van der Waals surface area (Å²) in [5.41, 5.74) is 7.89. The van der Waals surface area contributed by atoms with Gasteiger partial charge in [0.15, 0.2) is 0 Å². The molecule has 3 aliphatic heterocycles. The molecule has 0 radical (unpaired) electrons. The number of halogens is 1. The van der Waals surface area contributed by atoms with Gasteiger partial charge in [0, 0.05) is 64.4 Å². The third-order valence-electron chi connectivity index (χ3n) is 14.0. The van der Waals surface area contributed by atoms with Crippen molar-refractivity contribution in [2.45, 2.75) is 118 Å². The van der Waals surface area contributed by atoms with Crippen LogP contribution in [-0.2, 0) is 47.4 Å². The molecular formula is C55H67ClN6O7. The first-order chi connectivity index (χ1) is 33.3. The number of hydrogen-bond donors (Lipinski definition) is 3. The van der Waals surface area contributed by atoms with Gasteiger partial charge in [0.2, 0.25) is 11.8 Å². The first-order valence-electron chi connectivity index (χ1n) is 24.7. The average Bonchev–Trinajstić information content (AvgIpc) is 3.82. The Balaban J connectivity index is 0.000000277. The number of aliphatic carboxylic acids is 1. The summed E-state index contributed by atoms with van der Waals surface area (Å²) in [5.74, 6) is -0.232. The Morgan fingerprint density at radius 3 is 2.41 bits per heavy atom. The molecule has 0 bridgehead atoms. The third kappa shape index (κ3) is 11.2. The molecule has 2 unspecified atom stereocenters. The molecule has 14 heteroatoms. The molecule has 3 amide bonds. The zero-order valence-electron chi connectivity index (χ0n) is 40.9. The van der Waals surface area contributed by atoms with Crippen LogP contribution in [0.25, 0.3) is 32.8 Å². The van der Waals surface area contributed by atoms with Gasteiger partial charge in [-0.15, -0.1) is 0 Å². The number of carboxylic acids is 1. The molecule has 0 spiro atoms. The van der Waals surface area contributed by atoms with E-state index in [1.54, 1.807) is 12.1 Å². The Hall–Kier alpha value is -6.18. The molecule has 3 N–H and O–H groups in total. The normalized spacial score (nSPS) is 17.2. The van der Waals surface area contributed by atoms with Gasteiger partial charge in [0.1, 0.15) is 17.5 Å². The maximum absolute atomic E-state index is 12.5. The molecule has 4 aromatic carbocycles. The van der Waals surface area contributed by atoms with Crippen molar-refractivity contribution in [1.29, 1.82) is 0 Å². The molecule has 0 aliphatic carbocycles. The molecular weight excluding hydrogens is 892 g/mol. The van der Waals surface area contributed by atoms with E-state index >= 15 is 0 Å². The van der Waals surface area contributed by atoms with E-state index in [0.29, 0.717) is 41.5 Å². The van der Waals surface area contributed by atoms with Crippen LogP contribution >= 0.6 is 11.6 Å². The number of piperidine rings is 1. The second-order valence-electron chi connectivity index (χ2n) is 18.1. The van der Waals surface area contributed by atoms with Crippen molar-refractivity contribution in [3.05, 3.63) is 112 Å². The molecule has 2 aromatic heterocycles. The number of carboxylic acid groups (broad SMARTS) is 1. The first-order valence-corrected chi connectivity index (χ1v) is 25.1. The van der Waals surface area contributed by atoms with Gasteiger partial charge in [-0.1, -0.05) is 80.9 Å². The minimum absolute atomic E-state index is 0.0366. The number of benzene rings is 4. The van der Waals surface area contributed by atoms with Crippen LogP contribution in [0.15, 0.2) is 72.8 Å². The Morgan fingerprint density at radius 1 is 0.913 bits per heavy atom. The number of amides is 3. The maximum atomic E-state index is 12.5. The highest BCUT2D eigenvalue weighted by Crippen LogP contribution is 2.43. The van der Waals surface area contributed by atoms with E-state index in [0.717, 1.165) is 93.5 Å². The van der Waals surface area contributed by atoms with Crippen LogP contribution in [0.3, 0.4) is 0 Å². The zero-order chi connectivity index (χ0) is 49.4. The van der Waals surface area contributed by atoms with E-state index in [-0.39, 0.29) is 37.0 Å². The number of aromatic nitrogens is 3. The fraction of sp³-hybridized carbons (Fsp3) is 0.436. The van der Waals surface area contributed by atoms with Gasteiger partial charge < -0.3 is 29.3 Å². The predicted octanol–water partition coefficient (Wildman–Crippen LogP) is 10.2. The van der Waals surface area contributed by atoms with Crippen molar-refractivity contribution >= 4 is 57.0 Å². The van der Waals surface area contributed by atoms with E-state index < -0.39 is 17.9 Å². The third-order valence-corrected chi connectivity index (χ3v) is 14.3. The lowest BCUT2D eigenvalue weighted by Gasteiger charge is -2.29. The van der Waals surface area contributed by atoms with Crippen LogP contribution in [-0.4, -0.2) is 90.3 Å². The number of aryl methyl sites for hydroxylation is 4. The average molecular weight is 960 g/mol. The van der Waals surface area contributed by atoms with Crippen molar-refractivity contribution in [3.63, 3.8) is 0 Å². The number of nitrogens with zero attached hydrogens (tertiary/aromatic N) is 5. The SMILES string of the molecule is CC.CCN1CCCC(CCCn2c(CC(=O)O)c(CCCOc3cccc4ccccc34)c3ccc(Cl)c(-c4c(C)nn(C)c4C)c32)CC1.O=C1CCC(N2Cc3c(O)cccc3C2=O)C(=O)N1. The number of phenols is 1. The number of hydrogen-bond acceptors (Lipinski definition) is 8. The van der Waals surface area contributed by atoms with Gasteiger partial charge in [-0.25, -0.2) is 0 Å². The van der Waals surface area contributed by atoms with Gasteiger partial charge >= 0.3 is 5.97 Å². The molecule has 9 rings (SSSR count). The maximum Gasteiger partial charge on any atom is 0.309 e. The fourth-order valence-corrected chi connectivity index (χ4v) is 10.7. The number of carbonyl (C=O) groups excluding carboxylic acids is 3. The smallest absolute Gasteiger partial charge is 0.309 e. The van der Waals surface area contributed by atoms with Crippen LogP contribution < -0.4 is 10.1 Å². The molecule has 69 heavy (non-hydrogen) atoms. The summed E-state index contributed by atoms with van der Waals surface area (Å²) in [6.07, 6.45) is 7.85. The first kappa shape index (κ1) is 50.7. The lowest BCUT2D eigenvalue weighted by atomic mass is 9.95. The summed E-state index contributed by atoms with van der Waals surface area (Å²) in [4.78, 5) is 51.6. The number of fused-ring (bicyclic) bond motifs is 3. The van der Waals surface area contributed by atoms with Crippen LogP contribution in [0.5, 0.6) is 11.5 Å². The summed E-state index contributed by atoms with van der Waals surface area (Å²) >= 11 is 7.08. The molecule has 366 valence electrons. The number of ether oxygens (including phenoxy) is 1. The Morgan fingerprint density at radius 2 is 1.68 bits per heavy atom. The van der Waals surface area contributed by atoms with Crippen LogP contribution in [0, 0.1) is 19.8 Å². The van der Waals surface area contributed by atoms with Gasteiger partial charge in [0.05, 0.1) is 35.8 Å². The summed E-state index contributed by atoms with van der Waals surface area (Å²) in [7, 11) is 1.96. The number of phenolic OH excluding ortho intramolecular Hbond substituents is 1. The van der Waals surface area contributed by atoms with E-state index in [2.05, 4.69) is 52.9 Å². The van der Waals surface area contributed by atoms with E-state index in [1.165, 1.54) is 43.3 Å². The minimum atomic E-state index is -0.822. The van der Waals surface area contributed by atoms with Crippen molar-refractivity contribution < 1.29 is 34.1 Å². The Kier molecular flexibility index (Phi) is 16.9. The number of imide groups is 1. The Bertz CT molecular complexity index is 2830. The predicted molar refractivity (Wildman–Crippen MR) is 272 cm³/mol. The van der Waals surface area contributed by atoms with Crippen LogP contribution in [0.2, 0.25) is 5.02 Å². The van der Waals surface area contributed by atoms with Gasteiger partial charge in [-0.3, -0.25) is 29.2 Å². The van der Waals surface area contributed by atoms with Crippen molar-refractivity contribution in [3.8, 4) is 22.6 Å². The monoisotopic (exact) mass is 958 g/mol. The largest absolute Gasteiger partial charge is 0.508 e. The zero-order valence-corrected chi connectivity index (χ0v) is 41.7. The van der Waals surface area contributed by atoms with Crippen molar-refractivity contribution in [2.24, 2.45) is 13.0 Å². The van der Waals surface area contributed by atoms with E-state index in [4.69, 9.17) is 21.4 Å². The summed E-state index contributed by atoms with van der Waals surface area (Å²) < 4.78 is 10.5. The number of likely N-dealkylation sites (tertiary alicyclic amines) is 1. The lowest BCUT2D eigenvalue weighted by molar-refractivity contribution is -0.137. The van der Waals surface area contributed by atoms with Crippen LogP contribution in [0.1, 0.15) is 111 Å². The molecule has 2 atom stereocenters. The van der Waals surface area contributed by atoms with E-state index in [9.17, 15) is 29.4 Å². The number of aromatic hydroxyl groups is 1. The molecule has 2 saturated heterocycles. The number of rotatable bonds is 14. The summed E-state index contributed by atoms with van der Waals surface area (Å²) in [6, 6.07) is 22.6. The van der Waals surface area contributed by atoms with Gasteiger partial charge in [-0.2, -0.15) is 5.10 Å². The fourth-order valence-electron chi connectivity index (χ4n) is 10.5. The highest BCUT2D eigenvalue weighted by Gasteiger charge is 2.40. The molecule has 3 aliphatic rings. The van der Waals surface area contributed by atoms with Crippen molar-refractivity contribution in [1.82, 2.24) is 29.5 Å². The standard InChI is InChI=1S/C40H49ClN4O3.C13H12N2O4.C2H6/c1-5-44-22-9-12-29(21-24-44)13-10-23-45-35(26-37(46)47)32(17-11-25-48-36-18-8-15-30-14-6-7-16-31(30)36)33-19-20-34(41)39(40(33)45)38-27(2)42-43(4)28(38)3;16-10-3-1-2-7-8(10)6-15(13(7)19)9-4-5-11(17)14-12(9)18;1-2/h6-8,14-16,18-20,29H,5,9-13,17,21-26H2,1-4H3,(H,46,47);1-3,9,16H,4-6H2,(H,14,17,18);1-2H3. The number of nitrogens with one attached hydrogen (secondary N) is 1. The highest BCUT2D eigenvalue weighted by molar-refractivity contribution is 6.35. The molecule has 6 aromatic rings. The summed E-state index contributed by atoms with van der Waals surface area (Å²) in [5, 5.41) is 30.9. The van der Waals surface area contributed by atoms with Crippen LogP contribution in [0.4, 0.5) is 0 Å². The Labute approximate surface area is 410 Å². The minimum Gasteiger partial charge on any atom is -0.508 e. The quantitative estimate of drug-likeness (QED) is 0.0714. The summed E-state index contributed by atoms with van der Waals surface area (Å²) in [6.45, 7) is 15.3. The second-order valence-corrected chi connectivity index (χ2v) is 18.5. The highest BCUT2D eigenvalue weighted by atomic mass is 35.5. The lowest BCUT2D eigenvalue weighted by Crippen LogP contribution is -2.52. The molecule has 0 saturated carbocycles. The van der Waals surface area contributed by atoms with E-state index in [1.807, 2.05) is 62.8 Å². The molecule has 2 fully saturated rings. The number of carbonyl (C=O) groups is 4. The van der Waals surface area contributed by atoms with Gasteiger partial charge in [-0.05, 0) is 126 Å². The second kappa shape index (κ2) is 23.0.